The largest absolute Gasteiger partial charge is 0.469 e. The smallest absolute Gasteiger partial charge is 0.103 e. The second kappa shape index (κ2) is 7.13. The summed E-state index contributed by atoms with van der Waals surface area (Å²) in [7, 11) is 1.99. The van der Waals surface area contributed by atoms with E-state index in [1.807, 2.05) is 31.3 Å². The van der Waals surface area contributed by atoms with Crippen molar-refractivity contribution in [3.63, 3.8) is 0 Å². The molecule has 102 valence electrons. The fourth-order valence-electron chi connectivity index (χ4n) is 2.07. The molecule has 1 heterocycles. The van der Waals surface area contributed by atoms with E-state index in [1.165, 1.54) is 5.56 Å². The quantitative estimate of drug-likeness (QED) is 0.838. The van der Waals surface area contributed by atoms with Crippen LogP contribution in [0.4, 0.5) is 0 Å². The van der Waals surface area contributed by atoms with E-state index in [-0.39, 0.29) is 0 Å². The molecule has 2 nitrogen and oxygen atoms in total. The molecule has 0 aliphatic rings. The number of hydrogen-bond acceptors (Lipinski definition) is 2. The number of hydrogen-bond donors (Lipinski definition) is 1. The average Bonchev–Trinajstić information content (AvgIpc) is 2.90. The molecule has 0 spiro atoms. The summed E-state index contributed by atoms with van der Waals surface area (Å²) in [6.45, 7) is 0. The molecule has 0 fully saturated rings. The van der Waals surface area contributed by atoms with Crippen LogP contribution >= 0.6 is 27.5 Å². The molecule has 0 aliphatic heterocycles. The highest BCUT2D eigenvalue weighted by Crippen LogP contribution is 2.23. The molecule has 4 heteroatoms. The van der Waals surface area contributed by atoms with Crippen molar-refractivity contribution in [3.8, 4) is 0 Å². The molecule has 2 rings (SSSR count). The SMILES string of the molecule is CNC(CCc1ccco1)Cc1ccc(Br)cc1Cl. The van der Waals surface area contributed by atoms with E-state index < -0.39 is 0 Å². The van der Waals surface area contributed by atoms with Gasteiger partial charge in [-0.15, -0.1) is 0 Å². The first-order chi connectivity index (χ1) is 9.19. The van der Waals surface area contributed by atoms with E-state index in [0.717, 1.165) is 34.5 Å². The van der Waals surface area contributed by atoms with Crippen LogP contribution in [0.25, 0.3) is 0 Å². The summed E-state index contributed by atoms with van der Waals surface area (Å²) in [6, 6.07) is 10.4. The number of nitrogens with one attached hydrogen (secondary N) is 1. The second-order valence-electron chi connectivity index (χ2n) is 4.54. The molecule has 2 aromatic rings. The minimum Gasteiger partial charge on any atom is -0.469 e. The van der Waals surface area contributed by atoms with Crippen molar-refractivity contribution in [1.82, 2.24) is 5.32 Å². The van der Waals surface area contributed by atoms with Gasteiger partial charge in [0.05, 0.1) is 6.26 Å². The van der Waals surface area contributed by atoms with Crippen LogP contribution in [0.5, 0.6) is 0 Å². The fraction of sp³-hybridized carbons (Fsp3) is 0.333. The van der Waals surface area contributed by atoms with Crippen LogP contribution in [0, 0.1) is 0 Å². The minimum absolute atomic E-state index is 0.392. The highest BCUT2D eigenvalue weighted by molar-refractivity contribution is 9.10. The zero-order chi connectivity index (χ0) is 13.7. The summed E-state index contributed by atoms with van der Waals surface area (Å²) in [5.74, 6) is 1.03. The van der Waals surface area contributed by atoms with Crippen LogP contribution in [-0.2, 0) is 12.8 Å². The van der Waals surface area contributed by atoms with Gasteiger partial charge in [-0.3, -0.25) is 0 Å². The van der Waals surface area contributed by atoms with Gasteiger partial charge in [0.25, 0.3) is 0 Å². The van der Waals surface area contributed by atoms with Crippen LogP contribution in [0.3, 0.4) is 0 Å². The van der Waals surface area contributed by atoms with Crippen LogP contribution in [0.1, 0.15) is 17.7 Å². The van der Waals surface area contributed by atoms with Gasteiger partial charge in [0.15, 0.2) is 0 Å². The lowest BCUT2D eigenvalue weighted by Gasteiger charge is -2.16. The maximum atomic E-state index is 6.25. The molecule has 0 radical (unpaired) electrons. The standard InChI is InChI=1S/C15H17BrClNO/c1-18-13(6-7-14-3-2-8-19-14)9-11-4-5-12(16)10-15(11)17/h2-5,8,10,13,18H,6-7,9H2,1H3. The van der Waals surface area contributed by atoms with Gasteiger partial charge in [0, 0.05) is 22.0 Å². The topological polar surface area (TPSA) is 25.2 Å². The number of aryl methyl sites for hydroxylation is 1. The molecule has 0 saturated heterocycles. The summed E-state index contributed by atoms with van der Waals surface area (Å²) in [5.41, 5.74) is 1.17. The lowest BCUT2D eigenvalue weighted by atomic mass is 10.0. The first-order valence-corrected chi connectivity index (χ1v) is 7.49. The molecular weight excluding hydrogens is 326 g/mol. The van der Waals surface area contributed by atoms with Crippen LogP contribution in [0.15, 0.2) is 45.5 Å². The van der Waals surface area contributed by atoms with Crippen LogP contribution in [0.2, 0.25) is 5.02 Å². The van der Waals surface area contributed by atoms with Crippen molar-refractivity contribution in [2.24, 2.45) is 0 Å². The molecule has 1 aromatic heterocycles. The van der Waals surface area contributed by atoms with E-state index in [2.05, 4.69) is 27.3 Å². The monoisotopic (exact) mass is 341 g/mol. The van der Waals surface area contributed by atoms with E-state index in [4.69, 9.17) is 16.0 Å². The van der Waals surface area contributed by atoms with E-state index in [1.54, 1.807) is 6.26 Å². The number of likely N-dealkylation sites (N-methyl/N-ethyl adjacent to an activating group) is 1. The summed E-state index contributed by atoms with van der Waals surface area (Å²) in [4.78, 5) is 0. The Kier molecular flexibility index (Phi) is 5.49. The molecule has 19 heavy (non-hydrogen) atoms. The Balaban J connectivity index is 1.94. The maximum Gasteiger partial charge on any atom is 0.103 e. The zero-order valence-corrected chi connectivity index (χ0v) is 13.2. The molecule has 1 atom stereocenters. The third-order valence-electron chi connectivity index (χ3n) is 3.21. The maximum absolute atomic E-state index is 6.25. The average molecular weight is 343 g/mol. The van der Waals surface area contributed by atoms with Crippen molar-refractivity contribution in [3.05, 3.63) is 57.4 Å². The number of rotatable bonds is 6. The normalized spacial score (nSPS) is 12.6. The molecule has 0 bridgehead atoms. The lowest BCUT2D eigenvalue weighted by Crippen LogP contribution is -2.28. The van der Waals surface area contributed by atoms with Gasteiger partial charge in [-0.1, -0.05) is 33.6 Å². The summed E-state index contributed by atoms with van der Waals surface area (Å²) in [5, 5.41) is 4.16. The Bertz CT molecular complexity index is 513. The van der Waals surface area contributed by atoms with Gasteiger partial charge in [-0.25, -0.2) is 0 Å². The van der Waals surface area contributed by atoms with Gasteiger partial charge in [-0.05, 0) is 49.7 Å². The number of furan rings is 1. The molecule has 0 saturated carbocycles. The van der Waals surface area contributed by atoms with E-state index >= 15 is 0 Å². The molecule has 1 N–H and O–H groups in total. The van der Waals surface area contributed by atoms with Crippen LogP contribution < -0.4 is 5.32 Å². The number of benzene rings is 1. The van der Waals surface area contributed by atoms with E-state index in [0.29, 0.717) is 6.04 Å². The van der Waals surface area contributed by atoms with E-state index in [9.17, 15) is 0 Å². The van der Waals surface area contributed by atoms with Crippen LogP contribution in [-0.4, -0.2) is 13.1 Å². The van der Waals surface area contributed by atoms with Crippen molar-refractivity contribution in [2.75, 3.05) is 7.05 Å². The minimum atomic E-state index is 0.392. The predicted octanol–water partition coefficient (Wildman–Crippen LogP) is 4.46. The van der Waals surface area contributed by atoms with Crippen molar-refractivity contribution in [1.29, 1.82) is 0 Å². The summed E-state index contributed by atoms with van der Waals surface area (Å²) < 4.78 is 6.37. The van der Waals surface area contributed by atoms with Gasteiger partial charge in [-0.2, -0.15) is 0 Å². The first kappa shape index (κ1) is 14.6. The van der Waals surface area contributed by atoms with Crippen molar-refractivity contribution >= 4 is 27.5 Å². The Hall–Kier alpha value is -0.770. The molecular formula is C15H17BrClNO. The number of halogens is 2. The predicted molar refractivity (Wildman–Crippen MR) is 82.7 cm³/mol. The summed E-state index contributed by atoms with van der Waals surface area (Å²) in [6.07, 6.45) is 4.60. The molecule has 1 unspecified atom stereocenters. The van der Waals surface area contributed by atoms with Gasteiger partial charge >= 0.3 is 0 Å². The van der Waals surface area contributed by atoms with Crippen molar-refractivity contribution < 1.29 is 4.42 Å². The second-order valence-corrected chi connectivity index (χ2v) is 5.87. The third-order valence-corrected chi connectivity index (χ3v) is 4.05. The molecule has 0 aliphatic carbocycles. The van der Waals surface area contributed by atoms with Gasteiger partial charge < -0.3 is 9.73 Å². The Morgan fingerprint density at radius 3 is 2.84 bits per heavy atom. The first-order valence-electron chi connectivity index (χ1n) is 6.32. The third kappa shape index (κ3) is 4.37. The fourth-order valence-corrected chi connectivity index (χ4v) is 2.82. The summed E-state index contributed by atoms with van der Waals surface area (Å²) >= 11 is 9.68. The van der Waals surface area contributed by atoms with Gasteiger partial charge in [0.2, 0.25) is 0 Å². The highest BCUT2D eigenvalue weighted by atomic mass is 79.9. The van der Waals surface area contributed by atoms with Gasteiger partial charge in [0.1, 0.15) is 5.76 Å². The van der Waals surface area contributed by atoms with Crippen molar-refractivity contribution in [2.45, 2.75) is 25.3 Å². The molecule has 1 aromatic carbocycles. The zero-order valence-electron chi connectivity index (χ0n) is 10.8. The lowest BCUT2D eigenvalue weighted by molar-refractivity contribution is 0.460. The Morgan fingerprint density at radius 1 is 1.37 bits per heavy atom. The Labute approximate surface area is 127 Å². The highest BCUT2D eigenvalue weighted by Gasteiger charge is 2.11. The molecule has 0 amide bonds. The Morgan fingerprint density at radius 2 is 2.21 bits per heavy atom.